The van der Waals surface area contributed by atoms with E-state index in [4.69, 9.17) is 14.2 Å². The number of hydrogen-bond donors (Lipinski definition) is 0. The van der Waals surface area contributed by atoms with E-state index in [1.807, 2.05) is 0 Å². The Labute approximate surface area is 101 Å². The van der Waals surface area contributed by atoms with E-state index >= 15 is 0 Å². The van der Waals surface area contributed by atoms with E-state index in [1.54, 1.807) is 6.92 Å². The van der Waals surface area contributed by atoms with Crippen molar-refractivity contribution in [3.8, 4) is 0 Å². The number of ether oxygens (including phenoxy) is 3. The summed E-state index contributed by atoms with van der Waals surface area (Å²) >= 11 is 0. The number of rotatable bonds is 7. The fourth-order valence-corrected chi connectivity index (χ4v) is 1.80. The van der Waals surface area contributed by atoms with Crippen molar-refractivity contribution in [1.82, 2.24) is 0 Å². The zero-order valence-corrected chi connectivity index (χ0v) is 10.5. The van der Waals surface area contributed by atoms with Gasteiger partial charge in [-0.3, -0.25) is 4.79 Å². The zero-order chi connectivity index (χ0) is 12.7. The average molecular weight is 244 g/mol. The topological polar surface area (TPSA) is 61.8 Å². The molecule has 5 nitrogen and oxygen atoms in total. The van der Waals surface area contributed by atoms with Crippen molar-refractivity contribution in [2.75, 3.05) is 19.8 Å². The van der Waals surface area contributed by atoms with Crippen LogP contribution in [0.3, 0.4) is 0 Å². The van der Waals surface area contributed by atoms with Crippen molar-refractivity contribution < 1.29 is 23.8 Å². The Balaban J connectivity index is 2.41. The molecule has 0 aromatic heterocycles. The van der Waals surface area contributed by atoms with Crippen LogP contribution in [0, 0.1) is 0 Å². The molecule has 1 fully saturated rings. The highest BCUT2D eigenvalue weighted by Gasteiger charge is 2.36. The Morgan fingerprint density at radius 2 is 1.76 bits per heavy atom. The van der Waals surface area contributed by atoms with Gasteiger partial charge >= 0.3 is 5.97 Å². The number of Topliss-reactive ketones (excluding diaryl/α,β-unsaturated/α-hetero) is 1. The number of carbonyl (C=O) groups excluding carboxylic acids is 2. The summed E-state index contributed by atoms with van der Waals surface area (Å²) in [4.78, 5) is 22.3. The molecule has 1 aliphatic heterocycles. The SMILES string of the molecule is CCOC(=O)CCC1(CCC(C)=O)OCCO1. The van der Waals surface area contributed by atoms with Gasteiger partial charge in [0.2, 0.25) is 0 Å². The molecular formula is C12H20O5. The summed E-state index contributed by atoms with van der Waals surface area (Å²) in [6, 6.07) is 0. The molecule has 1 saturated heterocycles. The van der Waals surface area contributed by atoms with Crippen molar-refractivity contribution in [2.45, 2.75) is 45.3 Å². The van der Waals surface area contributed by atoms with Gasteiger partial charge in [-0.15, -0.1) is 0 Å². The molecule has 17 heavy (non-hydrogen) atoms. The van der Waals surface area contributed by atoms with Crippen LogP contribution < -0.4 is 0 Å². The van der Waals surface area contributed by atoms with Gasteiger partial charge in [0.1, 0.15) is 5.78 Å². The molecule has 0 aromatic carbocycles. The van der Waals surface area contributed by atoms with Gasteiger partial charge in [0, 0.05) is 19.3 Å². The van der Waals surface area contributed by atoms with Gasteiger partial charge in [-0.1, -0.05) is 0 Å². The highest BCUT2D eigenvalue weighted by Crippen LogP contribution is 2.30. The predicted molar refractivity (Wildman–Crippen MR) is 60.4 cm³/mol. The lowest BCUT2D eigenvalue weighted by atomic mass is 10.0. The molecular weight excluding hydrogens is 224 g/mol. The Kier molecular flexibility index (Phi) is 5.58. The van der Waals surface area contributed by atoms with Crippen molar-refractivity contribution in [3.63, 3.8) is 0 Å². The second-order valence-corrected chi connectivity index (χ2v) is 4.11. The van der Waals surface area contributed by atoms with Gasteiger partial charge in [-0.25, -0.2) is 0 Å². The molecule has 0 N–H and O–H groups in total. The number of ketones is 1. The van der Waals surface area contributed by atoms with Crippen LogP contribution in [-0.2, 0) is 23.8 Å². The molecule has 0 bridgehead atoms. The molecule has 1 heterocycles. The third-order valence-corrected chi connectivity index (χ3v) is 2.69. The molecule has 0 radical (unpaired) electrons. The quantitative estimate of drug-likeness (QED) is 0.634. The smallest absolute Gasteiger partial charge is 0.305 e. The first kappa shape index (κ1) is 14.1. The summed E-state index contributed by atoms with van der Waals surface area (Å²) in [6.45, 7) is 4.71. The molecule has 0 spiro atoms. The number of esters is 1. The zero-order valence-electron chi connectivity index (χ0n) is 10.5. The van der Waals surface area contributed by atoms with Crippen LogP contribution in [-0.4, -0.2) is 37.4 Å². The largest absolute Gasteiger partial charge is 0.466 e. The van der Waals surface area contributed by atoms with Crippen LogP contribution >= 0.6 is 0 Å². The maximum atomic E-state index is 11.3. The summed E-state index contributed by atoms with van der Waals surface area (Å²) in [5, 5.41) is 0. The molecule has 1 aliphatic rings. The molecule has 98 valence electrons. The molecule has 5 heteroatoms. The van der Waals surface area contributed by atoms with Crippen molar-refractivity contribution in [1.29, 1.82) is 0 Å². The van der Waals surface area contributed by atoms with Crippen molar-refractivity contribution in [2.24, 2.45) is 0 Å². The average Bonchev–Trinajstić information content (AvgIpc) is 2.74. The minimum Gasteiger partial charge on any atom is -0.466 e. The van der Waals surface area contributed by atoms with Gasteiger partial charge in [0.05, 0.1) is 26.2 Å². The molecule has 1 rings (SSSR count). The Bertz CT molecular complexity index is 268. The maximum absolute atomic E-state index is 11.3. The maximum Gasteiger partial charge on any atom is 0.305 e. The minimum atomic E-state index is -0.765. The lowest BCUT2D eigenvalue weighted by Gasteiger charge is -2.26. The monoisotopic (exact) mass is 244 g/mol. The molecule has 0 atom stereocenters. The second-order valence-electron chi connectivity index (χ2n) is 4.11. The first-order chi connectivity index (χ1) is 8.08. The van der Waals surface area contributed by atoms with Gasteiger partial charge in [-0.2, -0.15) is 0 Å². The van der Waals surface area contributed by atoms with Gasteiger partial charge in [0.25, 0.3) is 0 Å². The molecule has 0 amide bonds. The van der Waals surface area contributed by atoms with Crippen molar-refractivity contribution >= 4 is 11.8 Å². The van der Waals surface area contributed by atoms with E-state index in [2.05, 4.69) is 0 Å². The van der Waals surface area contributed by atoms with Crippen LogP contribution in [0.1, 0.15) is 39.5 Å². The fourth-order valence-electron chi connectivity index (χ4n) is 1.80. The van der Waals surface area contributed by atoms with Crippen molar-refractivity contribution in [3.05, 3.63) is 0 Å². The van der Waals surface area contributed by atoms with Crippen LogP contribution in [0.2, 0.25) is 0 Å². The van der Waals surface area contributed by atoms with Crippen LogP contribution in [0.15, 0.2) is 0 Å². The van der Waals surface area contributed by atoms with E-state index in [9.17, 15) is 9.59 Å². The second kappa shape index (κ2) is 6.71. The molecule has 0 saturated carbocycles. The van der Waals surface area contributed by atoms with E-state index in [-0.39, 0.29) is 18.2 Å². The number of hydrogen-bond acceptors (Lipinski definition) is 5. The van der Waals surface area contributed by atoms with Gasteiger partial charge < -0.3 is 19.0 Å². The summed E-state index contributed by atoms with van der Waals surface area (Å²) in [6.07, 6.45) is 1.61. The lowest BCUT2D eigenvalue weighted by Crippen LogP contribution is -2.31. The van der Waals surface area contributed by atoms with E-state index in [0.717, 1.165) is 0 Å². The first-order valence-electron chi connectivity index (χ1n) is 6.01. The first-order valence-corrected chi connectivity index (χ1v) is 6.01. The Hall–Kier alpha value is -0.940. The highest BCUT2D eigenvalue weighted by molar-refractivity contribution is 5.75. The fraction of sp³-hybridized carbons (Fsp3) is 0.833. The van der Waals surface area contributed by atoms with Gasteiger partial charge in [-0.05, 0) is 13.8 Å². The van der Waals surface area contributed by atoms with E-state index in [1.165, 1.54) is 6.92 Å². The van der Waals surface area contributed by atoms with Crippen LogP contribution in [0.4, 0.5) is 0 Å². The minimum absolute atomic E-state index is 0.0969. The summed E-state index contributed by atoms with van der Waals surface area (Å²) in [5.41, 5.74) is 0. The molecule has 0 unspecified atom stereocenters. The predicted octanol–water partition coefficient (Wildman–Crippen LogP) is 1.44. The Morgan fingerprint density at radius 1 is 1.18 bits per heavy atom. The summed E-state index contributed by atoms with van der Waals surface area (Å²) in [5.74, 6) is -0.924. The standard InChI is InChI=1S/C12H20O5/c1-3-15-11(14)5-7-12(6-4-10(2)13)16-8-9-17-12/h3-9H2,1-2H3. The third-order valence-electron chi connectivity index (χ3n) is 2.69. The number of carbonyl (C=O) groups is 2. The summed E-state index contributed by atoms with van der Waals surface area (Å²) in [7, 11) is 0. The van der Waals surface area contributed by atoms with Crippen LogP contribution in [0.5, 0.6) is 0 Å². The highest BCUT2D eigenvalue weighted by atomic mass is 16.7. The lowest BCUT2D eigenvalue weighted by molar-refractivity contribution is -0.175. The van der Waals surface area contributed by atoms with Crippen LogP contribution in [0.25, 0.3) is 0 Å². The normalized spacial score (nSPS) is 18.0. The van der Waals surface area contributed by atoms with E-state index < -0.39 is 5.79 Å². The molecule has 0 aliphatic carbocycles. The summed E-state index contributed by atoms with van der Waals surface area (Å²) < 4.78 is 15.9. The third kappa shape index (κ3) is 4.83. The molecule has 0 aromatic rings. The Morgan fingerprint density at radius 3 is 2.29 bits per heavy atom. The van der Waals surface area contributed by atoms with E-state index in [0.29, 0.717) is 39.1 Å². The van der Waals surface area contributed by atoms with Gasteiger partial charge in [0.15, 0.2) is 5.79 Å².